The Labute approximate surface area is 136 Å². The van der Waals surface area contributed by atoms with Crippen LogP contribution in [0.25, 0.3) is 0 Å². The molecule has 0 heterocycles. The van der Waals surface area contributed by atoms with Gasteiger partial charge in [-0.15, -0.1) is 0 Å². The Hall–Kier alpha value is 0.400. The molecule has 0 saturated carbocycles. The minimum absolute atomic E-state index is 0. The molecule has 0 bridgehead atoms. The smallest absolute Gasteiger partial charge is 1.00 e. The first-order chi connectivity index (χ1) is 7.97. The van der Waals surface area contributed by atoms with Gasteiger partial charge in [-0.1, -0.05) is 51.9 Å². The first-order valence-corrected chi connectivity index (χ1v) is 7.84. The molecule has 0 saturated heterocycles. The van der Waals surface area contributed by atoms with Crippen LogP contribution in [0.5, 0.6) is 0 Å². The second-order valence-electron chi connectivity index (χ2n) is 3.98. The van der Waals surface area contributed by atoms with Gasteiger partial charge in [0.1, 0.15) is 0 Å². The molecule has 0 aliphatic rings. The van der Waals surface area contributed by atoms with E-state index >= 15 is 0 Å². The standard InChI is InChI=1S/C10H22O3S.C2H3N.Na.H/c1-2-3-4-5-6-7-8-9-10-14(11,12)13;1-2-3;;/h2-10H2,1H3,(H,11,12,13);1H3;;/q;;+1;-1. The van der Waals surface area contributed by atoms with Crippen LogP contribution in [-0.2, 0) is 10.1 Å². The van der Waals surface area contributed by atoms with Crippen LogP contribution < -0.4 is 29.6 Å². The van der Waals surface area contributed by atoms with Crippen LogP contribution in [0.3, 0.4) is 0 Å². The Morgan fingerprint density at radius 3 is 1.72 bits per heavy atom. The van der Waals surface area contributed by atoms with Gasteiger partial charge >= 0.3 is 29.6 Å². The van der Waals surface area contributed by atoms with E-state index in [0.717, 1.165) is 12.8 Å². The van der Waals surface area contributed by atoms with E-state index in [4.69, 9.17) is 9.81 Å². The fraction of sp³-hybridized carbons (Fsp3) is 0.917. The van der Waals surface area contributed by atoms with Crippen molar-refractivity contribution in [2.24, 2.45) is 0 Å². The molecule has 0 atom stereocenters. The average molecular weight is 287 g/mol. The van der Waals surface area contributed by atoms with Gasteiger partial charge in [0.05, 0.1) is 11.8 Å². The topological polar surface area (TPSA) is 78.2 Å². The van der Waals surface area contributed by atoms with Gasteiger partial charge in [-0.25, -0.2) is 0 Å². The molecule has 0 unspecified atom stereocenters. The van der Waals surface area contributed by atoms with Crippen molar-refractivity contribution in [3.8, 4) is 6.07 Å². The molecule has 0 aromatic heterocycles. The monoisotopic (exact) mass is 287 g/mol. The minimum Gasteiger partial charge on any atom is -1.00 e. The van der Waals surface area contributed by atoms with Gasteiger partial charge in [-0.05, 0) is 6.42 Å². The predicted octanol–water partition coefficient (Wildman–Crippen LogP) is 0.661. The molecule has 0 aliphatic carbocycles. The number of nitriles is 1. The minimum atomic E-state index is -3.73. The van der Waals surface area contributed by atoms with Gasteiger partial charge in [0.15, 0.2) is 0 Å². The van der Waals surface area contributed by atoms with E-state index in [1.807, 2.05) is 0 Å². The summed E-state index contributed by atoms with van der Waals surface area (Å²) in [7, 11) is -3.73. The third kappa shape index (κ3) is 29.9. The Balaban J connectivity index is -0.000000204. The zero-order valence-corrected chi connectivity index (χ0v) is 14.8. The summed E-state index contributed by atoms with van der Waals surface area (Å²) in [4.78, 5) is 0. The number of unbranched alkanes of at least 4 members (excludes halogenated alkanes) is 7. The quantitative estimate of drug-likeness (QED) is 0.384. The van der Waals surface area contributed by atoms with Gasteiger partial charge in [0.25, 0.3) is 10.1 Å². The maximum atomic E-state index is 10.4. The third-order valence-corrected chi connectivity index (χ3v) is 3.06. The molecule has 4 nitrogen and oxygen atoms in total. The second-order valence-corrected chi connectivity index (χ2v) is 5.56. The molecule has 0 radical (unpaired) electrons. The van der Waals surface area contributed by atoms with E-state index in [1.54, 1.807) is 6.07 Å². The molecule has 0 fully saturated rings. The van der Waals surface area contributed by atoms with Crippen molar-refractivity contribution in [3.63, 3.8) is 0 Å². The zero-order valence-electron chi connectivity index (χ0n) is 13.0. The fourth-order valence-electron chi connectivity index (χ4n) is 1.42. The van der Waals surface area contributed by atoms with Crippen LogP contribution in [0, 0.1) is 11.3 Å². The maximum Gasteiger partial charge on any atom is 1.00 e. The summed E-state index contributed by atoms with van der Waals surface area (Å²) in [5.41, 5.74) is 0. The Morgan fingerprint density at radius 2 is 1.39 bits per heavy atom. The van der Waals surface area contributed by atoms with E-state index in [0.29, 0.717) is 6.42 Å². The van der Waals surface area contributed by atoms with Crippen LogP contribution in [0.15, 0.2) is 0 Å². The van der Waals surface area contributed by atoms with Gasteiger partial charge < -0.3 is 1.43 Å². The van der Waals surface area contributed by atoms with Crippen LogP contribution >= 0.6 is 0 Å². The summed E-state index contributed by atoms with van der Waals surface area (Å²) in [5.74, 6) is -0.0814. The SMILES string of the molecule is CC#N.CCCCCCCCCCS(=O)(=O)O.[H-].[Na+]. The number of hydrogen-bond donors (Lipinski definition) is 1. The van der Waals surface area contributed by atoms with Crippen molar-refractivity contribution in [3.05, 3.63) is 0 Å². The molecule has 0 rings (SSSR count). The Kier molecular flexibility index (Phi) is 22.7. The van der Waals surface area contributed by atoms with Gasteiger partial charge in [0, 0.05) is 6.92 Å². The van der Waals surface area contributed by atoms with Crippen LogP contribution in [0.2, 0.25) is 0 Å². The van der Waals surface area contributed by atoms with Crippen LogP contribution in [0.4, 0.5) is 0 Å². The van der Waals surface area contributed by atoms with Crippen molar-refractivity contribution in [2.75, 3.05) is 5.75 Å². The summed E-state index contributed by atoms with van der Waals surface area (Å²) < 4.78 is 29.2. The molecule has 0 aromatic carbocycles. The molecule has 18 heavy (non-hydrogen) atoms. The number of nitrogens with zero attached hydrogens (tertiary/aromatic N) is 1. The molecule has 1 N–H and O–H groups in total. The average Bonchev–Trinajstić information content (AvgIpc) is 2.22. The van der Waals surface area contributed by atoms with Gasteiger partial charge in [0.2, 0.25) is 0 Å². The van der Waals surface area contributed by atoms with E-state index in [-0.39, 0.29) is 36.7 Å². The molecule has 104 valence electrons. The molecule has 0 aromatic rings. The molecule has 0 amide bonds. The number of hydrogen-bond acceptors (Lipinski definition) is 3. The van der Waals surface area contributed by atoms with Crippen molar-refractivity contribution in [1.29, 1.82) is 5.26 Å². The summed E-state index contributed by atoms with van der Waals surface area (Å²) in [6, 6.07) is 1.75. The van der Waals surface area contributed by atoms with Crippen molar-refractivity contribution >= 4 is 10.1 Å². The molecular formula is C12H26NNaO3S. The predicted molar refractivity (Wildman–Crippen MR) is 71.4 cm³/mol. The first kappa shape index (κ1) is 23.5. The van der Waals surface area contributed by atoms with Crippen molar-refractivity contribution in [2.45, 2.75) is 65.2 Å². The molecule has 6 heteroatoms. The summed E-state index contributed by atoms with van der Waals surface area (Å²) in [5, 5.41) is 7.32. The summed E-state index contributed by atoms with van der Waals surface area (Å²) >= 11 is 0. The largest absolute Gasteiger partial charge is 1.00 e. The van der Waals surface area contributed by atoms with Crippen LogP contribution in [0.1, 0.15) is 66.6 Å². The maximum absolute atomic E-state index is 10.4. The molecular weight excluding hydrogens is 261 g/mol. The van der Waals surface area contributed by atoms with E-state index in [2.05, 4.69) is 6.92 Å². The number of rotatable bonds is 9. The molecule has 0 aliphatic heterocycles. The third-order valence-electron chi connectivity index (χ3n) is 2.26. The summed E-state index contributed by atoms with van der Waals surface area (Å²) in [6.07, 6.45) is 8.85. The van der Waals surface area contributed by atoms with E-state index in [1.165, 1.54) is 39.0 Å². The normalized spacial score (nSPS) is 9.67. The Morgan fingerprint density at radius 1 is 1.06 bits per heavy atom. The fourth-order valence-corrected chi connectivity index (χ4v) is 1.99. The zero-order chi connectivity index (χ0) is 13.6. The van der Waals surface area contributed by atoms with Crippen molar-refractivity contribution in [1.82, 2.24) is 0 Å². The van der Waals surface area contributed by atoms with Crippen LogP contribution in [-0.4, -0.2) is 18.7 Å². The first-order valence-electron chi connectivity index (χ1n) is 6.24. The van der Waals surface area contributed by atoms with Gasteiger partial charge in [-0.2, -0.15) is 13.7 Å². The van der Waals surface area contributed by atoms with Crippen molar-refractivity contribution < 1.29 is 44.0 Å². The van der Waals surface area contributed by atoms with E-state index < -0.39 is 10.1 Å². The van der Waals surface area contributed by atoms with Gasteiger partial charge in [-0.3, -0.25) is 4.55 Å². The second kappa shape index (κ2) is 17.4. The van der Waals surface area contributed by atoms with E-state index in [9.17, 15) is 8.42 Å². The summed E-state index contributed by atoms with van der Waals surface area (Å²) in [6.45, 7) is 3.62. The Bertz CT molecular complexity index is 292. The molecule has 0 spiro atoms.